The molecule has 6 heteroatoms. The van der Waals surface area contributed by atoms with Gasteiger partial charge in [0.15, 0.2) is 0 Å². The maximum Gasteiger partial charge on any atom is 0.251 e. The van der Waals surface area contributed by atoms with E-state index in [1.165, 1.54) is 103 Å². The number of nitrogens with zero attached hydrogens (tertiary/aromatic N) is 2. The van der Waals surface area contributed by atoms with E-state index in [1.54, 1.807) is 0 Å². The third-order valence-electron chi connectivity index (χ3n) is 8.97. The van der Waals surface area contributed by atoms with E-state index < -0.39 is 0 Å². The molecule has 0 bridgehead atoms. The molecule has 2 amide bonds. The van der Waals surface area contributed by atoms with Crippen LogP contribution in [0.5, 0.6) is 0 Å². The van der Waals surface area contributed by atoms with Gasteiger partial charge in [-0.1, -0.05) is 128 Å². The van der Waals surface area contributed by atoms with E-state index in [2.05, 4.69) is 48.4 Å². The van der Waals surface area contributed by atoms with E-state index in [-0.39, 0.29) is 11.8 Å². The van der Waals surface area contributed by atoms with Crippen molar-refractivity contribution >= 4 is 11.8 Å². The van der Waals surface area contributed by atoms with Crippen LogP contribution in [0.25, 0.3) is 11.1 Å². The minimum Gasteiger partial charge on any atom is -0.351 e. The van der Waals surface area contributed by atoms with Gasteiger partial charge in [-0.05, 0) is 75.4 Å². The number of carbonyl (C=O) groups excluding carboxylic acids is 2. The van der Waals surface area contributed by atoms with E-state index in [1.807, 2.05) is 48.5 Å². The van der Waals surface area contributed by atoms with Gasteiger partial charge >= 0.3 is 0 Å². The highest BCUT2D eigenvalue weighted by Crippen LogP contribution is 2.20. The van der Waals surface area contributed by atoms with E-state index in [0.717, 1.165) is 37.3 Å². The van der Waals surface area contributed by atoms with Crippen LogP contribution in [0.1, 0.15) is 137 Å². The van der Waals surface area contributed by atoms with Crippen molar-refractivity contribution in [3.8, 4) is 11.1 Å². The number of hydrogen-bond acceptors (Lipinski definition) is 4. The van der Waals surface area contributed by atoms with Crippen LogP contribution in [-0.4, -0.2) is 75.0 Å². The number of nitrogens with one attached hydrogen (secondary N) is 2. The molecule has 2 aromatic rings. The van der Waals surface area contributed by atoms with Gasteiger partial charge in [0.05, 0.1) is 0 Å². The molecular weight excluding hydrogens is 568 g/mol. The van der Waals surface area contributed by atoms with Crippen LogP contribution in [0, 0.1) is 0 Å². The van der Waals surface area contributed by atoms with Crippen molar-refractivity contribution in [1.82, 2.24) is 20.4 Å². The lowest BCUT2D eigenvalue weighted by atomic mass is 10.0. The summed E-state index contributed by atoms with van der Waals surface area (Å²) in [7, 11) is 4.27. The summed E-state index contributed by atoms with van der Waals surface area (Å²) in [6.45, 7) is 9.69. The van der Waals surface area contributed by atoms with Gasteiger partial charge in [-0.2, -0.15) is 0 Å². The summed E-state index contributed by atoms with van der Waals surface area (Å²) in [5.74, 6) is -0.0787. The lowest BCUT2D eigenvalue weighted by molar-refractivity contribution is 0.0941. The van der Waals surface area contributed by atoms with Crippen LogP contribution in [0.2, 0.25) is 0 Å². The first-order valence-electron chi connectivity index (χ1n) is 18.6. The van der Waals surface area contributed by atoms with Crippen molar-refractivity contribution in [2.24, 2.45) is 0 Å². The Kier molecular flexibility index (Phi) is 21.8. The predicted octanol–water partition coefficient (Wildman–Crippen LogP) is 8.96. The number of benzene rings is 2. The van der Waals surface area contributed by atoms with E-state index in [0.29, 0.717) is 24.2 Å². The van der Waals surface area contributed by atoms with Crippen LogP contribution in [0.15, 0.2) is 48.5 Å². The molecule has 0 saturated carbocycles. The van der Waals surface area contributed by atoms with E-state index in [9.17, 15) is 9.59 Å². The number of unbranched alkanes of at least 4 members (excludes halogenated alkanes) is 14. The minimum atomic E-state index is -0.0394. The van der Waals surface area contributed by atoms with E-state index >= 15 is 0 Å². The average molecular weight is 635 g/mol. The zero-order chi connectivity index (χ0) is 33.2. The Bertz CT molecular complexity index is 968. The van der Waals surface area contributed by atoms with Crippen LogP contribution < -0.4 is 10.6 Å². The zero-order valence-electron chi connectivity index (χ0n) is 29.9. The zero-order valence-corrected chi connectivity index (χ0v) is 29.9. The maximum atomic E-state index is 12.7. The summed E-state index contributed by atoms with van der Waals surface area (Å²) in [5, 5.41) is 6.11. The molecule has 6 nitrogen and oxygen atoms in total. The fourth-order valence-electron chi connectivity index (χ4n) is 5.81. The standard InChI is InChI=1S/C40H66N4O2/c1-5-7-9-11-13-15-17-19-31-43(3)33-29-41-39(45)37-25-21-35(22-26-37)36-23-27-38(28-24-36)40(46)42-30-34-44(4)32-20-18-16-14-12-10-8-6-2/h21-28H,5-20,29-34H2,1-4H3,(H,41,45)(H,42,46). The first-order chi connectivity index (χ1) is 22.4. The molecule has 0 spiro atoms. The summed E-state index contributed by atoms with van der Waals surface area (Å²) >= 11 is 0. The first-order valence-corrected chi connectivity index (χ1v) is 18.6. The average Bonchev–Trinajstić information content (AvgIpc) is 3.07. The van der Waals surface area contributed by atoms with Crippen molar-refractivity contribution in [3.05, 3.63) is 59.7 Å². The SMILES string of the molecule is CCCCCCCCCCN(C)CCNC(=O)c1ccc(-c2ccc(C(=O)NCCN(C)CCCCCCCCCC)cc2)cc1. The Balaban J connectivity index is 1.61. The number of rotatable bonds is 27. The molecule has 2 aromatic carbocycles. The second-order valence-corrected chi connectivity index (χ2v) is 13.2. The van der Waals surface area contributed by atoms with Crippen LogP contribution in [-0.2, 0) is 0 Å². The highest BCUT2D eigenvalue weighted by Gasteiger charge is 2.09. The molecule has 2 N–H and O–H groups in total. The molecule has 0 aliphatic carbocycles. The molecule has 258 valence electrons. The van der Waals surface area contributed by atoms with Crippen LogP contribution >= 0.6 is 0 Å². The topological polar surface area (TPSA) is 64.7 Å². The Hall–Kier alpha value is -2.70. The Morgan fingerprint density at radius 1 is 0.457 bits per heavy atom. The smallest absolute Gasteiger partial charge is 0.251 e. The highest BCUT2D eigenvalue weighted by molar-refractivity contribution is 5.95. The second-order valence-electron chi connectivity index (χ2n) is 13.2. The Morgan fingerprint density at radius 3 is 1.09 bits per heavy atom. The third kappa shape index (κ3) is 17.9. The molecule has 0 unspecified atom stereocenters. The summed E-state index contributed by atoms with van der Waals surface area (Å²) in [5.41, 5.74) is 3.38. The van der Waals surface area contributed by atoms with Gasteiger partial charge in [0.25, 0.3) is 11.8 Å². The van der Waals surface area contributed by atoms with E-state index in [4.69, 9.17) is 0 Å². The third-order valence-corrected chi connectivity index (χ3v) is 8.97. The van der Waals surface area contributed by atoms with Gasteiger partial charge < -0.3 is 20.4 Å². The molecule has 0 saturated heterocycles. The molecule has 0 heterocycles. The van der Waals surface area contributed by atoms with Crippen LogP contribution in [0.4, 0.5) is 0 Å². The molecule has 2 rings (SSSR count). The minimum absolute atomic E-state index is 0.0394. The molecule has 0 aliphatic heterocycles. The summed E-state index contributed by atoms with van der Waals surface area (Å²) < 4.78 is 0. The molecule has 0 radical (unpaired) electrons. The van der Waals surface area contributed by atoms with Gasteiger partial charge in [0, 0.05) is 37.3 Å². The van der Waals surface area contributed by atoms with Crippen molar-refractivity contribution in [1.29, 1.82) is 0 Å². The molecule has 0 aliphatic rings. The van der Waals surface area contributed by atoms with Crippen molar-refractivity contribution < 1.29 is 9.59 Å². The normalized spacial score (nSPS) is 11.3. The molecule has 0 aromatic heterocycles. The first kappa shape index (κ1) is 39.5. The van der Waals surface area contributed by atoms with Crippen molar-refractivity contribution in [3.63, 3.8) is 0 Å². The molecular formula is C40H66N4O2. The van der Waals surface area contributed by atoms with Crippen molar-refractivity contribution in [2.45, 2.75) is 117 Å². The number of carbonyl (C=O) groups is 2. The number of amides is 2. The molecule has 46 heavy (non-hydrogen) atoms. The predicted molar refractivity (Wildman–Crippen MR) is 197 cm³/mol. The van der Waals surface area contributed by atoms with Gasteiger partial charge in [0.1, 0.15) is 0 Å². The lowest BCUT2D eigenvalue weighted by Crippen LogP contribution is -2.33. The number of hydrogen-bond donors (Lipinski definition) is 2. The van der Waals surface area contributed by atoms with Gasteiger partial charge in [-0.25, -0.2) is 0 Å². The Morgan fingerprint density at radius 2 is 0.761 bits per heavy atom. The highest BCUT2D eigenvalue weighted by atomic mass is 16.2. The lowest BCUT2D eigenvalue weighted by Gasteiger charge is -2.17. The summed E-state index contributed by atoms with van der Waals surface area (Å²) in [4.78, 5) is 30.0. The molecule has 0 fully saturated rings. The van der Waals surface area contributed by atoms with Gasteiger partial charge in [-0.3, -0.25) is 9.59 Å². The Labute approximate surface area is 282 Å². The fourth-order valence-corrected chi connectivity index (χ4v) is 5.81. The van der Waals surface area contributed by atoms with Gasteiger partial charge in [0.2, 0.25) is 0 Å². The van der Waals surface area contributed by atoms with Crippen LogP contribution in [0.3, 0.4) is 0 Å². The summed E-state index contributed by atoms with van der Waals surface area (Å²) in [6, 6.07) is 15.4. The quantitative estimate of drug-likeness (QED) is 0.0963. The fraction of sp³-hybridized carbons (Fsp3) is 0.650. The largest absolute Gasteiger partial charge is 0.351 e. The van der Waals surface area contributed by atoms with Crippen molar-refractivity contribution in [2.75, 3.05) is 53.4 Å². The monoisotopic (exact) mass is 635 g/mol. The number of likely N-dealkylation sites (N-methyl/N-ethyl adjacent to an activating group) is 2. The maximum absolute atomic E-state index is 12.7. The molecule has 0 atom stereocenters. The summed E-state index contributed by atoms with van der Waals surface area (Å²) in [6.07, 6.45) is 21.3. The van der Waals surface area contributed by atoms with Gasteiger partial charge in [-0.15, -0.1) is 0 Å². The second kappa shape index (κ2) is 25.4.